The fourth-order valence-electron chi connectivity index (χ4n) is 5.05. The Morgan fingerprint density at radius 3 is 2.54 bits per heavy atom. The molecule has 2 bridgehead atoms. The van der Waals surface area contributed by atoms with Crippen molar-refractivity contribution in [1.29, 1.82) is 0 Å². The summed E-state index contributed by atoms with van der Waals surface area (Å²) in [7, 11) is 3.56. The van der Waals surface area contributed by atoms with Crippen LogP contribution in [0, 0.1) is 16.0 Å². The van der Waals surface area contributed by atoms with E-state index in [2.05, 4.69) is 11.9 Å². The zero-order chi connectivity index (χ0) is 19.8. The number of nitro groups is 1. The largest absolute Gasteiger partial charge is 0.469 e. The van der Waals surface area contributed by atoms with E-state index >= 15 is 0 Å². The quantitative estimate of drug-likeness (QED) is 0.455. The van der Waals surface area contributed by atoms with E-state index in [-0.39, 0.29) is 34.5 Å². The van der Waals surface area contributed by atoms with Gasteiger partial charge in [0.2, 0.25) is 0 Å². The molecule has 28 heavy (non-hydrogen) atoms. The van der Waals surface area contributed by atoms with Crippen molar-refractivity contribution in [2.75, 3.05) is 14.2 Å². The summed E-state index contributed by atoms with van der Waals surface area (Å²) < 4.78 is 5.13. The lowest BCUT2D eigenvalue weighted by molar-refractivity contribution is -0.384. The van der Waals surface area contributed by atoms with Gasteiger partial charge < -0.3 is 4.74 Å². The first-order chi connectivity index (χ1) is 13.5. The van der Waals surface area contributed by atoms with Gasteiger partial charge in [-0.1, -0.05) is 36.4 Å². The molecule has 0 aliphatic carbocycles. The van der Waals surface area contributed by atoms with E-state index in [1.165, 1.54) is 13.2 Å². The van der Waals surface area contributed by atoms with Crippen LogP contribution in [0.5, 0.6) is 0 Å². The first kappa shape index (κ1) is 18.6. The van der Waals surface area contributed by atoms with Crippen molar-refractivity contribution in [2.24, 2.45) is 5.92 Å². The maximum Gasteiger partial charge on any atom is 0.310 e. The van der Waals surface area contributed by atoms with Gasteiger partial charge in [0, 0.05) is 24.1 Å². The molecule has 2 saturated heterocycles. The summed E-state index contributed by atoms with van der Waals surface area (Å²) in [5, 5.41) is 11.3. The number of para-hydroxylation sites is 1. The Morgan fingerprint density at radius 1 is 1.14 bits per heavy atom. The predicted molar refractivity (Wildman–Crippen MR) is 106 cm³/mol. The highest BCUT2D eigenvalue weighted by atomic mass is 16.6. The fraction of sp³-hybridized carbons (Fsp3) is 0.409. The molecule has 0 radical (unpaired) electrons. The number of esters is 1. The van der Waals surface area contributed by atoms with Crippen molar-refractivity contribution in [3.63, 3.8) is 0 Å². The third-order valence-corrected chi connectivity index (χ3v) is 6.49. The van der Waals surface area contributed by atoms with E-state index in [0.29, 0.717) is 11.6 Å². The zero-order valence-corrected chi connectivity index (χ0v) is 16.1. The van der Waals surface area contributed by atoms with E-state index in [9.17, 15) is 14.9 Å². The molecule has 2 aromatic rings. The van der Waals surface area contributed by atoms with E-state index in [1.54, 1.807) is 18.2 Å². The van der Waals surface area contributed by atoms with Crippen molar-refractivity contribution < 1.29 is 14.5 Å². The second-order valence-electron chi connectivity index (χ2n) is 7.75. The topological polar surface area (TPSA) is 72.7 Å². The number of piperidine rings is 1. The summed E-state index contributed by atoms with van der Waals surface area (Å²) in [5.41, 5.74) is 2.61. The molecule has 0 aromatic heterocycles. The number of fused-ring (bicyclic) bond motifs is 2. The van der Waals surface area contributed by atoms with Crippen LogP contribution in [0.15, 0.2) is 48.5 Å². The van der Waals surface area contributed by atoms with Gasteiger partial charge in [-0.25, -0.2) is 0 Å². The maximum absolute atomic E-state index is 12.6. The second kappa shape index (κ2) is 7.36. The normalized spacial score (nSPS) is 26.8. The molecule has 0 spiro atoms. The van der Waals surface area contributed by atoms with Gasteiger partial charge in [-0.05, 0) is 43.5 Å². The Hall–Kier alpha value is -2.73. The summed E-state index contributed by atoms with van der Waals surface area (Å²) in [5.74, 6) is -0.211. The first-order valence-electron chi connectivity index (χ1n) is 9.64. The molecule has 2 aliphatic rings. The van der Waals surface area contributed by atoms with Crippen LogP contribution < -0.4 is 0 Å². The van der Waals surface area contributed by atoms with Crippen molar-refractivity contribution in [2.45, 2.75) is 37.3 Å². The average Bonchev–Trinajstić information content (AvgIpc) is 2.95. The van der Waals surface area contributed by atoms with Gasteiger partial charge in [-0.3, -0.25) is 19.8 Å². The van der Waals surface area contributed by atoms with E-state index in [1.807, 2.05) is 24.3 Å². The average molecular weight is 380 g/mol. The second-order valence-corrected chi connectivity index (χ2v) is 7.75. The minimum atomic E-state index is -0.356. The molecule has 4 rings (SSSR count). The van der Waals surface area contributed by atoms with Crippen molar-refractivity contribution >= 4 is 11.7 Å². The molecule has 2 fully saturated rings. The Morgan fingerprint density at radius 2 is 1.86 bits per heavy atom. The monoisotopic (exact) mass is 380 g/mol. The van der Waals surface area contributed by atoms with Gasteiger partial charge in [0.05, 0.1) is 23.5 Å². The van der Waals surface area contributed by atoms with Gasteiger partial charge in [0.15, 0.2) is 0 Å². The number of carbonyl (C=O) groups excluding carboxylic acids is 1. The van der Waals surface area contributed by atoms with Crippen LogP contribution in [-0.2, 0) is 9.53 Å². The molecular weight excluding hydrogens is 356 g/mol. The maximum atomic E-state index is 12.6. The van der Waals surface area contributed by atoms with Crippen molar-refractivity contribution in [1.82, 2.24) is 4.90 Å². The smallest absolute Gasteiger partial charge is 0.310 e. The molecule has 0 saturated carbocycles. The standard InChI is InChI=1S/C22H24N2O4/c1-23-16-11-12-20(23)21(22(25)28-2)18(13-16)15-9-7-14(8-10-15)17-5-3-4-6-19(17)24(26)27/h3-10,16,18,20-21H,11-13H2,1-2H3/t16-,18+,20+,21-/m0/s1. The van der Waals surface area contributed by atoms with E-state index in [4.69, 9.17) is 4.74 Å². The molecule has 6 heteroatoms. The number of hydrogen-bond acceptors (Lipinski definition) is 5. The SMILES string of the molecule is COC(=O)[C@H]1[C@@H](c2ccc(-c3ccccc3[N+](=O)[O-])cc2)C[C@@H]2CC[C@H]1N2C. The highest BCUT2D eigenvalue weighted by molar-refractivity contribution is 5.76. The molecule has 2 heterocycles. The van der Waals surface area contributed by atoms with Crippen LogP contribution in [0.2, 0.25) is 0 Å². The molecule has 6 nitrogen and oxygen atoms in total. The minimum absolute atomic E-state index is 0.0972. The summed E-state index contributed by atoms with van der Waals surface area (Å²) in [6.45, 7) is 0. The zero-order valence-electron chi connectivity index (χ0n) is 16.1. The van der Waals surface area contributed by atoms with Gasteiger partial charge in [0.1, 0.15) is 0 Å². The third-order valence-electron chi connectivity index (χ3n) is 6.49. The van der Waals surface area contributed by atoms with Crippen LogP contribution >= 0.6 is 0 Å². The summed E-state index contributed by atoms with van der Waals surface area (Å²) in [4.78, 5) is 25.9. The lowest BCUT2D eigenvalue weighted by Crippen LogP contribution is -2.49. The number of nitro benzene ring substituents is 1. The number of nitrogens with zero attached hydrogens (tertiary/aromatic N) is 2. The summed E-state index contributed by atoms with van der Waals surface area (Å²) >= 11 is 0. The molecule has 146 valence electrons. The van der Waals surface area contributed by atoms with Gasteiger partial charge >= 0.3 is 5.97 Å². The number of rotatable bonds is 4. The number of ether oxygens (including phenoxy) is 1. The molecular formula is C22H24N2O4. The number of benzene rings is 2. The molecule has 0 amide bonds. The van der Waals surface area contributed by atoms with E-state index < -0.39 is 0 Å². The van der Waals surface area contributed by atoms with Crippen LogP contribution in [0.25, 0.3) is 11.1 Å². The predicted octanol–water partition coefficient (Wildman–Crippen LogP) is 4.00. The third kappa shape index (κ3) is 3.07. The Kier molecular flexibility index (Phi) is 4.89. The van der Waals surface area contributed by atoms with Crippen molar-refractivity contribution in [3.8, 4) is 11.1 Å². The summed E-state index contributed by atoms with van der Waals surface area (Å²) in [6, 6.07) is 15.3. The molecule has 4 atom stereocenters. The first-order valence-corrected chi connectivity index (χ1v) is 9.64. The number of methoxy groups -OCH3 is 1. The van der Waals surface area contributed by atoms with Gasteiger partial charge in [0.25, 0.3) is 5.69 Å². The van der Waals surface area contributed by atoms with Crippen LogP contribution in [0.3, 0.4) is 0 Å². The van der Waals surface area contributed by atoms with Crippen molar-refractivity contribution in [3.05, 3.63) is 64.2 Å². The summed E-state index contributed by atoms with van der Waals surface area (Å²) in [6.07, 6.45) is 3.06. The van der Waals surface area contributed by atoms with Gasteiger partial charge in [-0.2, -0.15) is 0 Å². The minimum Gasteiger partial charge on any atom is -0.469 e. The van der Waals surface area contributed by atoms with Gasteiger partial charge in [-0.15, -0.1) is 0 Å². The lowest BCUT2D eigenvalue weighted by atomic mass is 9.76. The highest BCUT2D eigenvalue weighted by Crippen LogP contribution is 2.47. The Labute approximate surface area is 164 Å². The van der Waals surface area contributed by atoms with Crippen LogP contribution in [-0.4, -0.2) is 42.0 Å². The fourth-order valence-corrected chi connectivity index (χ4v) is 5.05. The molecule has 2 aliphatic heterocycles. The molecule has 0 unspecified atom stereocenters. The molecule has 0 N–H and O–H groups in total. The van der Waals surface area contributed by atoms with Crippen LogP contribution in [0.4, 0.5) is 5.69 Å². The highest BCUT2D eigenvalue weighted by Gasteiger charge is 2.49. The van der Waals surface area contributed by atoms with Crippen LogP contribution in [0.1, 0.15) is 30.7 Å². The Balaban J connectivity index is 1.67. The lowest BCUT2D eigenvalue weighted by Gasteiger charge is -2.41. The number of hydrogen-bond donors (Lipinski definition) is 0. The molecule has 2 aromatic carbocycles. The Bertz CT molecular complexity index is 896. The van der Waals surface area contributed by atoms with E-state index in [0.717, 1.165) is 30.4 Å². The number of carbonyl (C=O) groups is 1.